The molecule has 0 aromatic heterocycles. The molecule has 0 heterocycles. The van der Waals surface area contributed by atoms with Crippen LogP contribution in [0.1, 0.15) is 18.1 Å². The molecule has 3 N–H and O–H groups in total. The van der Waals surface area contributed by atoms with Crippen molar-refractivity contribution in [2.24, 2.45) is 5.73 Å². The van der Waals surface area contributed by atoms with Crippen molar-refractivity contribution in [2.45, 2.75) is 19.1 Å². The minimum Gasteiger partial charge on any atom is -0.324 e. The average Bonchev–Trinajstić information content (AvgIpc) is 2.27. The molecule has 0 spiro atoms. The lowest BCUT2D eigenvalue weighted by Gasteiger charge is -2.15. The molecule has 4 nitrogen and oxygen atoms in total. The summed E-state index contributed by atoms with van der Waals surface area (Å²) in [5, 5.41) is 10.6. The smallest absolute Gasteiger partial charge is 0.324 e. The summed E-state index contributed by atoms with van der Waals surface area (Å²) < 4.78 is 38.2. The Labute approximate surface area is 101 Å². The molecule has 1 rings (SSSR count). The monoisotopic (exact) mass is 257 g/mol. The van der Waals surface area contributed by atoms with Crippen LogP contribution >= 0.6 is 0 Å². The van der Waals surface area contributed by atoms with Crippen LogP contribution in [0.2, 0.25) is 0 Å². The summed E-state index contributed by atoms with van der Waals surface area (Å²) in [6, 6.07) is 3.57. The zero-order chi connectivity index (χ0) is 13.9. The van der Waals surface area contributed by atoms with Crippen molar-refractivity contribution in [1.82, 2.24) is 0 Å². The van der Waals surface area contributed by atoms with Gasteiger partial charge >= 0.3 is 6.18 Å². The van der Waals surface area contributed by atoms with Gasteiger partial charge in [-0.3, -0.25) is 4.79 Å². The maximum atomic E-state index is 12.7. The van der Waals surface area contributed by atoms with Gasteiger partial charge in [0.2, 0.25) is 5.91 Å². The van der Waals surface area contributed by atoms with E-state index in [-0.39, 0.29) is 5.56 Å². The number of carbonyl (C=O) groups excluding carboxylic acids is 1. The first-order valence-corrected chi connectivity index (χ1v) is 4.93. The van der Waals surface area contributed by atoms with E-state index in [1.807, 2.05) is 0 Å². The largest absolute Gasteiger partial charge is 0.418 e. The zero-order valence-electron chi connectivity index (χ0n) is 9.38. The van der Waals surface area contributed by atoms with Crippen LogP contribution in [0.3, 0.4) is 0 Å². The predicted molar refractivity (Wildman–Crippen MR) is 58.4 cm³/mol. The lowest BCUT2D eigenvalue weighted by molar-refractivity contribution is -0.137. The third-order valence-electron chi connectivity index (χ3n) is 2.13. The van der Waals surface area contributed by atoms with Gasteiger partial charge in [0.15, 0.2) is 0 Å². The van der Waals surface area contributed by atoms with Gasteiger partial charge in [-0.25, -0.2) is 0 Å². The Morgan fingerprint density at radius 1 is 1.50 bits per heavy atom. The Kier molecular flexibility index (Phi) is 3.93. The quantitative estimate of drug-likeness (QED) is 0.848. The molecule has 0 aliphatic heterocycles. The lowest BCUT2D eigenvalue weighted by Crippen LogP contribution is -2.33. The first-order valence-electron chi connectivity index (χ1n) is 4.93. The fraction of sp³-hybridized carbons (Fsp3) is 0.273. The van der Waals surface area contributed by atoms with E-state index in [0.29, 0.717) is 6.07 Å². The molecule has 1 atom stereocenters. The Morgan fingerprint density at radius 2 is 2.11 bits per heavy atom. The van der Waals surface area contributed by atoms with Gasteiger partial charge in [0.05, 0.1) is 28.9 Å². The number of benzene rings is 1. The van der Waals surface area contributed by atoms with E-state index in [0.717, 1.165) is 6.07 Å². The fourth-order valence-electron chi connectivity index (χ4n) is 1.20. The molecule has 96 valence electrons. The number of nitrogens with one attached hydrogen (secondary N) is 1. The summed E-state index contributed by atoms with van der Waals surface area (Å²) in [6.07, 6.45) is -4.66. The van der Waals surface area contributed by atoms with E-state index in [4.69, 9.17) is 11.0 Å². The Morgan fingerprint density at radius 3 is 2.56 bits per heavy atom. The van der Waals surface area contributed by atoms with Gasteiger partial charge in [-0.2, -0.15) is 18.4 Å². The van der Waals surface area contributed by atoms with Crippen molar-refractivity contribution < 1.29 is 18.0 Å². The van der Waals surface area contributed by atoms with Gasteiger partial charge < -0.3 is 11.1 Å². The molecule has 0 aliphatic rings. The molecule has 18 heavy (non-hydrogen) atoms. The van der Waals surface area contributed by atoms with E-state index in [9.17, 15) is 18.0 Å². The number of amides is 1. The number of nitrogens with two attached hydrogens (primary N) is 1. The number of anilines is 1. The molecule has 1 amide bonds. The minimum absolute atomic E-state index is 0.138. The number of hydrogen-bond acceptors (Lipinski definition) is 3. The van der Waals surface area contributed by atoms with Gasteiger partial charge in [-0.1, -0.05) is 0 Å². The minimum atomic E-state index is -4.66. The van der Waals surface area contributed by atoms with Crippen LogP contribution in [0, 0.1) is 11.3 Å². The molecular formula is C11H10F3N3O. The van der Waals surface area contributed by atoms with Crippen LogP contribution < -0.4 is 11.1 Å². The number of alkyl halides is 3. The number of rotatable bonds is 2. The SMILES string of the molecule is CC(N)C(=O)Nc1ccc(C#N)cc1C(F)(F)F. The van der Waals surface area contributed by atoms with E-state index in [1.165, 1.54) is 13.0 Å². The number of nitrogens with zero attached hydrogens (tertiary/aromatic N) is 1. The molecule has 0 aliphatic carbocycles. The molecule has 7 heteroatoms. The molecule has 0 bridgehead atoms. The van der Waals surface area contributed by atoms with Crippen LogP contribution in [-0.4, -0.2) is 11.9 Å². The third-order valence-corrected chi connectivity index (χ3v) is 2.13. The number of carbonyl (C=O) groups is 1. The Balaban J connectivity index is 3.20. The fourth-order valence-corrected chi connectivity index (χ4v) is 1.20. The van der Waals surface area contributed by atoms with Gasteiger partial charge in [0, 0.05) is 0 Å². The van der Waals surface area contributed by atoms with Crippen molar-refractivity contribution in [1.29, 1.82) is 5.26 Å². The van der Waals surface area contributed by atoms with Crippen molar-refractivity contribution >= 4 is 11.6 Å². The van der Waals surface area contributed by atoms with E-state index < -0.39 is 29.4 Å². The number of halogens is 3. The third kappa shape index (κ3) is 3.21. The summed E-state index contributed by atoms with van der Waals surface area (Å²) in [5.74, 6) is -0.731. The lowest BCUT2D eigenvalue weighted by atomic mass is 10.1. The highest BCUT2D eigenvalue weighted by Gasteiger charge is 2.34. The number of nitriles is 1. The van der Waals surface area contributed by atoms with Gasteiger partial charge in [-0.05, 0) is 25.1 Å². The van der Waals surface area contributed by atoms with Gasteiger partial charge in [0.1, 0.15) is 0 Å². The first-order chi connectivity index (χ1) is 8.25. The maximum Gasteiger partial charge on any atom is 0.418 e. The molecular weight excluding hydrogens is 247 g/mol. The normalized spacial score (nSPS) is 12.7. The molecule has 1 aromatic rings. The summed E-state index contributed by atoms with van der Waals surface area (Å²) in [6.45, 7) is 1.35. The molecule has 1 unspecified atom stereocenters. The van der Waals surface area contributed by atoms with Crippen molar-refractivity contribution in [3.05, 3.63) is 29.3 Å². The highest BCUT2D eigenvalue weighted by Crippen LogP contribution is 2.35. The second kappa shape index (κ2) is 5.06. The molecule has 1 aromatic carbocycles. The maximum absolute atomic E-state index is 12.7. The highest BCUT2D eigenvalue weighted by atomic mass is 19.4. The zero-order valence-corrected chi connectivity index (χ0v) is 9.38. The van der Waals surface area contributed by atoms with Gasteiger partial charge in [0.25, 0.3) is 0 Å². The Hall–Kier alpha value is -2.07. The second-order valence-corrected chi connectivity index (χ2v) is 3.65. The number of hydrogen-bond donors (Lipinski definition) is 2. The van der Waals surface area contributed by atoms with Crippen molar-refractivity contribution in [2.75, 3.05) is 5.32 Å². The van der Waals surface area contributed by atoms with Crippen LogP contribution in [-0.2, 0) is 11.0 Å². The van der Waals surface area contributed by atoms with Crippen LogP contribution in [0.25, 0.3) is 0 Å². The summed E-state index contributed by atoms with van der Waals surface area (Å²) >= 11 is 0. The standard InChI is InChI=1S/C11H10F3N3O/c1-6(16)10(18)17-9-3-2-7(5-15)4-8(9)11(12,13)14/h2-4,6H,16H2,1H3,(H,17,18). The highest BCUT2D eigenvalue weighted by molar-refractivity contribution is 5.95. The van der Waals surface area contributed by atoms with E-state index in [1.54, 1.807) is 6.07 Å². The summed E-state index contributed by atoms with van der Waals surface area (Å²) in [5.41, 5.74) is 3.63. The topological polar surface area (TPSA) is 78.9 Å². The molecule has 0 radical (unpaired) electrons. The summed E-state index contributed by atoms with van der Waals surface area (Å²) in [4.78, 5) is 11.3. The van der Waals surface area contributed by atoms with E-state index >= 15 is 0 Å². The average molecular weight is 257 g/mol. The van der Waals surface area contributed by atoms with Crippen molar-refractivity contribution in [3.8, 4) is 6.07 Å². The van der Waals surface area contributed by atoms with Crippen LogP contribution in [0.5, 0.6) is 0 Å². The van der Waals surface area contributed by atoms with E-state index in [2.05, 4.69) is 5.32 Å². The predicted octanol–water partition coefficient (Wildman–Crippen LogP) is 1.86. The van der Waals surface area contributed by atoms with Gasteiger partial charge in [-0.15, -0.1) is 0 Å². The van der Waals surface area contributed by atoms with Crippen LogP contribution in [0.4, 0.5) is 18.9 Å². The molecule has 0 saturated carbocycles. The molecule has 0 fully saturated rings. The first kappa shape index (κ1) is 14.0. The second-order valence-electron chi connectivity index (χ2n) is 3.65. The van der Waals surface area contributed by atoms with Crippen molar-refractivity contribution in [3.63, 3.8) is 0 Å². The summed E-state index contributed by atoms with van der Waals surface area (Å²) in [7, 11) is 0. The molecule has 0 saturated heterocycles. The Bertz CT molecular complexity index is 503. The van der Waals surface area contributed by atoms with Crippen LogP contribution in [0.15, 0.2) is 18.2 Å².